The maximum Gasteiger partial charge on any atom is 0.256 e. The number of carbonyl (C=O) groups excluding carboxylic acids is 1. The first-order valence-electron chi connectivity index (χ1n) is 5.74. The lowest BCUT2D eigenvalue weighted by Gasteiger charge is -2.09. The Labute approximate surface area is 133 Å². The maximum absolute atomic E-state index is 13.9. The van der Waals surface area contributed by atoms with Crippen molar-refractivity contribution in [3.8, 4) is 0 Å². The van der Waals surface area contributed by atoms with Crippen LogP contribution in [0.1, 0.15) is 15.9 Å². The van der Waals surface area contributed by atoms with Crippen LogP contribution in [0.3, 0.4) is 0 Å². The van der Waals surface area contributed by atoms with Crippen molar-refractivity contribution in [1.29, 1.82) is 0 Å². The van der Waals surface area contributed by atoms with E-state index in [4.69, 9.17) is 18.0 Å². The molecule has 1 amide bonds. The van der Waals surface area contributed by atoms with Crippen molar-refractivity contribution >= 4 is 44.7 Å². The fourth-order valence-electron chi connectivity index (χ4n) is 1.63. The van der Waals surface area contributed by atoms with Crippen LogP contribution in [0, 0.1) is 11.6 Å². The highest BCUT2D eigenvalue weighted by Crippen LogP contribution is 2.21. The zero-order valence-electron chi connectivity index (χ0n) is 10.5. The number of amides is 1. The van der Waals surface area contributed by atoms with Crippen LogP contribution in [0.2, 0.25) is 0 Å². The minimum absolute atomic E-state index is 0.0452. The number of hydrogen-bond donors (Lipinski definition) is 2. The number of hydrogen-bond acceptors (Lipinski definition) is 2. The standard InChI is InChI=1S/C14H9BrF2N2OS/c15-10-3-2-8(16)6-9(10)14(20)19-12-4-1-7(13(18)21)5-11(12)17/h1-6H,(H2,18,21)(H,19,20). The predicted molar refractivity (Wildman–Crippen MR) is 84.3 cm³/mol. The van der Waals surface area contributed by atoms with Gasteiger partial charge in [-0.15, -0.1) is 0 Å². The molecule has 108 valence electrons. The number of anilines is 1. The maximum atomic E-state index is 13.9. The average molecular weight is 371 g/mol. The molecule has 21 heavy (non-hydrogen) atoms. The van der Waals surface area contributed by atoms with E-state index in [0.717, 1.165) is 12.1 Å². The van der Waals surface area contributed by atoms with Crippen molar-refractivity contribution in [2.75, 3.05) is 5.32 Å². The summed E-state index contributed by atoms with van der Waals surface area (Å²) >= 11 is 7.88. The van der Waals surface area contributed by atoms with Gasteiger partial charge in [0, 0.05) is 10.0 Å². The summed E-state index contributed by atoms with van der Waals surface area (Å²) in [6.07, 6.45) is 0. The monoisotopic (exact) mass is 370 g/mol. The summed E-state index contributed by atoms with van der Waals surface area (Å²) in [4.78, 5) is 12.1. The normalized spacial score (nSPS) is 10.2. The van der Waals surface area contributed by atoms with Gasteiger partial charge in [-0.1, -0.05) is 12.2 Å². The van der Waals surface area contributed by atoms with Crippen molar-refractivity contribution < 1.29 is 13.6 Å². The second-order valence-corrected chi connectivity index (χ2v) is 5.43. The molecule has 2 aromatic rings. The van der Waals surface area contributed by atoms with E-state index in [2.05, 4.69) is 21.2 Å². The lowest BCUT2D eigenvalue weighted by Crippen LogP contribution is -2.15. The molecule has 7 heteroatoms. The molecule has 0 aliphatic heterocycles. The van der Waals surface area contributed by atoms with E-state index in [0.29, 0.717) is 10.0 Å². The molecule has 0 saturated heterocycles. The van der Waals surface area contributed by atoms with Crippen LogP contribution in [0.5, 0.6) is 0 Å². The van der Waals surface area contributed by atoms with Crippen molar-refractivity contribution in [2.24, 2.45) is 5.73 Å². The Morgan fingerprint density at radius 1 is 1.19 bits per heavy atom. The topological polar surface area (TPSA) is 55.1 Å². The molecule has 0 atom stereocenters. The first-order chi connectivity index (χ1) is 9.88. The Hall–Kier alpha value is -1.86. The van der Waals surface area contributed by atoms with Crippen LogP contribution in [0.4, 0.5) is 14.5 Å². The molecule has 0 heterocycles. The SMILES string of the molecule is NC(=S)c1ccc(NC(=O)c2cc(F)ccc2Br)c(F)c1. The summed E-state index contributed by atoms with van der Waals surface area (Å²) in [5.41, 5.74) is 5.76. The number of rotatable bonds is 3. The number of carbonyl (C=O) groups is 1. The Bertz CT molecular complexity index is 737. The van der Waals surface area contributed by atoms with Crippen LogP contribution < -0.4 is 11.1 Å². The molecular weight excluding hydrogens is 362 g/mol. The van der Waals surface area contributed by atoms with Crippen LogP contribution in [0.15, 0.2) is 40.9 Å². The van der Waals surface area contributed by atoms with Gasteiger partial charge in [0.05, 0.1) is 11.3 Å². The summed E-state index contributed by atoms with van der Waals surface area (Å²) in [7, 11) is 0. The summed E-state index contributed by atoms with van der Waals surface area (Å²) in [5, 5.41) is 2.37. The minimum atomic E-state index is -0.679. The van der Waals surface area contributed by atoms with Gasteiger partial charge in [0.1, 0.15) is 16.6 Å². The van der Waals surface area contributed by atoms with Crippen LogP contribution >= 0.6 is 28.1 Å². The third kappa shape index (κ3) is 3.62. The van der Waals surface area contributed by atoms with Crippen LogP contribution in [0.25, 0.3) is 0 Å². The smallest absolute Gasteiger partial charge is 0.256 e. The van der Waals surface area contributed by atoms with Gasteiger partial charge in [0.15, 0.2) is 0 Å². The first kappa shape index (κ1) is 15.5. The summed E-state index contributed by atoms with van der Waals surface area (Å²) in [6, 6.07) is 7.62. The Morgan fingerprint density at radius 2 is 1.90 bits per heavy atom. The van der Waals surface area contributed by atoms with Gasteiger partial charge in [-0.3, -0.25) is 4.79 Å². The zero-order chi connectivity index (χ0) is 15.6. The highest BCUT2D eigenvalue weighted by Gasteiger charge is 2.14. The highest BCUT2D eigenvalue weighted by atomic mass is 79.9. The highest BCUT2D eigenvalue weighted by molar-refractivity contribution is 9.10. The van der Waals surface area contributed by atoms with Gasteiger partial charge in [0.2, 0.25) is 0 Å². The largest absolute Gasteiger partial charge is 0.389 e. The van der Waals surface area contributed by atoms with E-state index >= 15 is 0 Å². The molecule has 0 aliphatic carbocycles. The van der Waals surface area contributed by atoms with E-state index in [1.54, 1.807) is 0 Å². The number of nitrogens with two attached hydrogens (primary N) is 1. The lowest BCUT2D eigenvalue weighted by atomic mass is 10.1. The van der Waals surface area contributed by atoms with Gasteiger partial charge in [0.25, 0.3) is 5.91 Å². The second-order valence-electron chi connectivity index (χ2n) is 4.14. The number of benzene rings is 2. The van der Waals surface area contributed by atoms with Crippen molar-refractivity contribution in [3.05, 3.63) is 63.6 Å². The fourth-order valence-corrected chi connectivity index (χ4v) is 2.18. The minimum Gasteiger partial charge on any atom is -0.389 e. The first-order valence-corrected chi connectivity index (χ1v) is 6.94. The Morgan fingerprint density at radius 3 is 2.52 bits per heavy atom. The van der Waals surface area contributed by atoms with E-state index < -0.39 is 17.5 Å². The van der Waals surface area contributed by atoms with Crippen LogP contribution in [-0.4, -0.2) is 10.9 Å². The molecule has 0 bridgehead atoms. The van der Waals surface area contributed by atoms with Crippen molar-refractivity contribution in [1.82, 2.24) is 0 Å². The Kier molecular flexibility index (Phi) is 4.64. The van der Waals surface area contributed by atoms with E-state index in [-0.39, 0.29) is 16.2 Å². The van der Waals surface area contributed by atoms with Crippen molar-refractivity contribution in [2.45, 2.75) is 0 Å². The molecule has 0 unspecified atom stereocenters. The van der Waals surface area contributed by atoms with Gasteiger partial charge in [-0.25, -0.2) is 8.78 Å². The number of nitrogens with one attached hydrogen (secondary N) is 1. The molecule has 2 aromatic carbocycles. The quantitative estimate of drug-likeness (QED) is 0.811. The third-order valence-electron chi connectivity index (χ3n) is 2.67. The Balaban J connectivity index is 2.27. The van der Waals surface area contributed by atoms with E-state index in [1.165, 1.54) is 24.3 Å². The summed E-state index contributed by atoms with van der Waals surface area (Å²) in [6.45, 7) is 0. The molecule has 0 aliphatic rings. The molecule has 3 nitrogen and oxygen atoms in total. The van der Waals surface area contributed by atoms with Gasteiger partial charge in [-0.2, -0.15) is 0 Å². The molecule has 0 spiro atoms. The number of thiocarbonyl (C=S) groups is 1. The van der Waals surface area contributed by atoms with Crippen LogP contribution in [-0.2, 0) is 0 Å². The molecule has 0 radical (unpaired) electrons. The third-order valence-corrected chi connectivity index (χ3v) is 3.60. The van der Waals surface area contributed by atoms with Gasteiger partial charge in [-0.05, 0) is 52.3 Å². The molecule has 2 rings (SSSR count). The molecule has 0 aromatic heterocycles. The van der Waals surface area contributed by atoms with E-state index in [9.17, 15) is 13.6 Å². The molecule has 0 saturated carbocycles. The molecule has 3 N–H and O–H groups in total. The lowest BCUT2D eigenvalue weighted by molar-refractivity contribution is 0.102. The number of halogens is 3. The zero-order valence-corrected chi connectivity index (χ0v) is 12.9. The fraction of sp³-hybridized carbons (Fsp3) is 0. The predicted octanol–water partition coefficient (Wildman–Crippen LogP) is 3.61. The molecule has 0 fully saturated rings. The van der Waals surface area contributed by atoms with Gasteiger partial charge >= 0.3 is 0 Å². The average Bonchev–Trinajstić information content (AvgIpc) is 2.43. The van der Waals surface area contributed by atoms with E-state index in [1.807, 2.05) is 0 Å². The van der Waals surface area contributed by atoms with Gasteiger partial charge < -0.3 is 11.1 Å². The summed E-state index contributed by atoms with van der Waals surface area (Å²) < 4.78 is 27.4. The van der Waals surface area contributed by atoms with Crippen molar-refractivity contribution in [3.63, 3.8) is 0 Å². The molecular formula is C14H9BrF2N2OS. The second kappa shape index (κ2) is 6.28. The summed E-state index contributed by atoms with van der Waals surface area (Å²) in [5.74, 6) is -1.88.